The van der Waals surface area contributed by atoms with E-state index in [0.717, 1.165) is 16.7 Å². The normalized spacial score (nSPS) is 10.2. The molecule has 2 aromatic rings. The fourth-order valence-corrected chi connectivity index (χ4v) is 1.83. The molecule has 0 amide bonds. The highest BCUT2D eigenvalue weighted by Crippen LogP contribution is 2.28. The maximum absolute atomic E-state index is 10.8. The number of halogens is 1. The fourth-order valence-electron chi connectivity index (χ4n) is 1.47. The van der Waals surface area contributed by atoms with Crippen LogP contribution in [0.3, 0.4) is 0 Å². The third-order valence-corrected chi connectivity index (χ3v) is 3.01. The quantitative estimate of drug-likeness (QED) is 0.481. The number of benzene rings is 1. The van der Waals surface area contributed by atoms with Crippen LogP contribution >= 0.6 is 15.9 Å². The Balaban J connectivity index is 2.50. The van der Waals surface area contributed by atoms with Crippen molar-refractivity contribution in [3.63, 3.8) is 0 Å². The Morgan fingerprint density at radius 2 is 1.88 bits per heavy atom. The van der Waals surface area contributed by atoms with E-state index in [1.165, 1.54) is 6.07 Å². The molecule has 5 heteroatoms. The molecule has 0 atom stereocenters. The van der Waals surface area contributed by atoms with E-state index in [2.05, 4.69) is 20.9 Å². The second-order valence-electron chi connectivity index (χ2n) is 3.66. The Morgan fingerprint density at radius 1 is 1.24 bits per heavy atom. The first-order valence-corrected chi connectivity index (χ1v) is 5.74. The van der Waals surface area contributed by atoms with Gasteiger partial charge in [-0.3, -0.25) is 10.1 Å². The van der Waals surface area contributed by atoms with E-state index in [1.54, 1.807) is 6.20 Å². The second kappa shape index (κ2) is 4.63. The highest BCUT2D eigenvalue weighted by Gasteiger charge is 2.14. The summed E-state index contributed by atoms with van der Waals surface area (Å²) in [4.78, 5) is 14.3. The molecule has 0 aliphatic carbocycles. The molecule has 86 valence electrons. The molecule has 0 bridgehead atoms. The summed E-state index contributed by atoms with van der Waals surface area (Å²) in [7, 11) is 0. The van der Waals surface area contributed by atoms with E-state index in [-0.39, 0.29) is 10.3 Å². The minimum Gasteiger partial charge on any atom is -0.258 e. The van der Waals surface area contributed by atoms with Crippen molar-refractivity contribution in [1.82, 2.24) is 4.98 Å². The van der Waals surface area contributed by atoms with Gasteiger partial charge < -0.3 is 0 Å². The lowest BCUT2D eigenvalue weighted by Crippen LogP contribution is -1.92. The van der Waals surface area contributed by atoms with E-state index in [9.17, 15) is 10.1 Å². The molecule has 17 heavy (non-hydrogen) atoms. The number of hydrogen-bond acceptors (Lipinski definition) is 3. The zero-order chi connectivity index (χ0) is 12.4. The lowest BCUT2D eigenvalue weighted by molar-refractivity contribution is -0.386. The van der Waals surface area contributed by atoms with E-state index in [1.807, 2.05) is 31.2 Å². The Bertz CT molecular complexity index is 567. The predicted octanol–water partition coefficient (Wildman–Crippen LogP) is 3.73. The van der Waals surface area contributed by atoms with Crippen LogP contribution in [-0.2, 0) is 0 Å². The van der Waals surface area contributed by atoms with Gasteiger partial charge in [0.15, 0.2) is 4.60 Å². The van der Waals surface area contributed by atoms with Gasteiger partial charge >= 0.3 is 5.69 Å². The topological polar surface area (TPSA) is 56.0 Å². The van der Waals surface area contributed by atoms with Crippen molar-refractivity contribution < 1.29 is 4.92 Å². The van der Waals surface area contributed by atoms with Crippen LogP contribution in [0.4, 0.5) is 5.69 Å². The average Bonchev–Trinajstić information content (AvgIpc) is 2.30. The zero-order valence-corrected chi connectivity index (χ0v) is 10.6. The third-order valence-electron chi connectivity index (χ3n) is 2.40. The van der Waals surface area contributed by atoms with Crippen molar-refractivity contribution in [2.45, 2.75) is 6.92 Å². The molecule has 0 aliphatic heterocycles. The van der Waals surface area contributed by atoms with Gasteiger partial charge in [-0.2, -0.15) is 0 Å². The fraction of sp³-hybridized carbons (Fsp3) is 0.0833. The van der Waals surface area contributed by atoms with E-state index >= 15 is 0 Å². The summed E-state index contributed by atoms with van der Waals surface area (Å²) in [6.45, 7) is 1.99. The molecule has 1 aromatic carbocycles. The van der Waals surface area contributed by atoms with Gasteiger partial charge in [0.05, 0.1) is 4.92 Å². The number of aryl methyl sites for hydroxylation is 1. The molecule has 0 fully saturated rings. The number of nitro groups is 1. The van der Waals surface area contributed by atoms with Crippen LogP contribution in [0.5, 0.6) is 0 Å². The van der Waals surface area contributed by atoms with Crippen molar-refractivity contribution in [3.8, 4) is 11.1 Å². The summed E-state index contributed by atoms with van der Waals surface area (Å²) in [6.07, 6.45) is 1.61. The first kappa shape index (κ1) is 11.7. The van der Waals surface area contributed by atoms with Gasteiger partial charge in [0, 0.05) is 17.8 Å². The molecule has 0 saturated carbocycles. The Kier molecular flexibility index (Phi) is 3.19. The van der Waals surface area contributed by atoms with Gasteiger partial charge in [-0.1, -0.05) is 29.8 Å². The van der Waals surface area contributed by atoms with E-state index < -0.39 is 4.92 Å². The smallest absolute Gasteiger partial charge is 0.258 e. The molecule has 0 N–H and O–H groups in total. The van der Waals surface area contributed by atoms with E-state index in [0.29, 0.717) is 0 Å². The van der Waals surface area contributed by atoms with Crippen molar-refractivity contribution in [2.75, 3.05) is 0 Å². The molecule has 2 rings (SSSR count). The summed E-state index contributed by atoms with van der Waals surface area (Å²) in [5, 5.41) is 10.8. The molecule has 0 aliphatic rings. The largest absolute Gasteiger partial charge is 0.302 e. The monoisotopic (exact) mass is 292 g/mol. The highest BCUT2D eigenvalue weighted by atomic mass is 79.9. The summed E-state index contributed by atoms with van der Waals surface area (Å²) < 4.78 is 0.248. The van der Waals surface area contributed by atoms with Crippen LogP contribution in [0, 0.1) is 17.0 Å². The molecule has 0 unspecified atom stereocenters. The molecule has 0 spiro atoms. The summed E-state index contributed by atoms with van der Waals surface area (Å²) in [6, 6.07) is 9.28. The van der Waals surface area contributed by atoms with E-state index in [4.69, 9.17) is 0 Å². The maximum Gasteiger partial charge on any atom is 0.302 e. The molecular weight excluding hydrogens is 284 g/mol. The molecule has 0 saturated heterocycles. The van der Waals surface area contributed by atoms with Gasteiger partial charge in [0.1, 0.15) is 0 Å². The van der Waals surface area contributed by atoms with Crippen LogP contribution in [0.2, 0.25) is 0 Å². The molecular formula is C12H9BrN2O2. The number of nitrogens with zero attached hydrogens (tertiary/aromatic N) is 2. The standard InChI is InChI=1S/C12H9BrN2O2/c1-8-2-4-9(5-3-8)10-6-11(15(16)17)12(13)14-7-10/h2-7H,1H3. The van der Waals surface area contributed by atoms with Crippen LogP contribution in [0.15, 0.2) is 41.1 Å². The van der Waals surface area contributed by atoms with Gasteiger partial charge in [-0.15, -0.1) is 0 Å². The minimum absolute atomic E-state index is 0.0249. The summed E-state index contributed by atoms with van der Waals surface area (Å²) >= 11 is 3.06. The maximum atomic E-state index is 10.8. The van der Waals surface area contributed by atoms with Crippen LogP contribution < -0.4 is 0 Å². The third kappa shape index (κ3) is 2.50. The van der Waals surface area contributed by atoms with Gasteiger partial charge in [0.2, 0.25) is 0 Å². The molecule has 1 heterocycles. The minimum atomic E-state index is -0.450. The Morgan fingerprint density at radius 3 is 2.47 bits per heavy atom. The summed E-state index contributed by atoms with van der Waals surface area (Å²) in [5.41, 5.74) is 2.77. The van der Waals surface area contributed by atoms with Gasteiger partial charge in [-0.25, -0.2) is 4.98 Å². The van der Waals surface area contributed by atoms with Crippen molar-refractivity contribution in [2.24, 2.45) is 0 Å². The summed E-state index contributed by atoms with van der Waals surface area (Å²) in [5.74, 6) is 0. The number of hydrogen-bond donors (Lipinski definition) is 0. The van der Waals surface area contributed by atoms with Gasteiger partial charge in [0.25, 0.3) is 0 Å². The van der Waals surface area contributed by atoms with Crippen molar-refractivity contribution >= 4 is 21.6 Å². The van der Waals surface area contributed by atoms with Crippen LogP contribution in [-0.4, -0.2) is 9.91 Å². The first-order valence-electron chi connectivity index (χ1n) is 4.95. The predicted molar refractivity (Wildman–Crippen MR) is 68.8 cm³/mol. The lowest BCUT2D eigenvalue weighted by atomic mass is 10.1. The molecule has 0 radical (unpaired) electrons. The number of rotatable bonds is 2. The van der Waals surface area contributed by atoms with Crippen molar-refractivity contribution in [1.29, 1.82) is 0 Å². The van der Waals surface area contributed by atoms with Crippen molar-refractivity contribution in [3.05, 3.63) is 56.8 Å². The Labute approximate surface area is 107 Å². The molecule has 4 nitrogen and oxygen atoms in total. The van der Waals surface area contributed by atoms with Crippen LogP contribution in [0.1, 0.15) is 5.56 Å². The zero-order valence-electron chi connectivity index (χ0n) is 9.05. The average molecular weight is 293 g/mol. The number of aromatic nitrogens is 1. The lowest BCUT2D eigenvalue weighted by Gasteiger charge is -2.02. The second-order valence-corrected chi connectivity index (χ2v) is 4.41. The first-order chi connectivity index (χ1) is 8.08. The Hall–Kier alpha value is -1.75. The highest BCUT2D eigenvalue weighted by molar-refractivity contribution is 9.10. The van der Waals surface area contributed by atoms with Gasteiger partial charge in [-0.05, 0) is 28.4 Å². The molecule has 1 aromatic heterocycles. The van der Waals surface area contributed by atoms with Crippen LogP contribution in [0.25, 0.3) is 11.1 Å². The number of pyridine rings is 1. The SMILES string of the molecule is Cc1ccc(-c2cnc(Br)c([N+](=O)[O-])c2)cc1.